The number of carbonyl (C=O) groups excluding carboxylic acids is 1. The third-order valence-corrected chi connectivity index (χ3v) is 3.83. The summed E-state index contributed by atoms with van der Waals surface area (Å²) in [7, 11) is 0. The smallest absolute Gasteiger partial charge is 0.223 e. The molecule has 1 aromatic rings. The molecule has 0 radical (unpaired) electrons. The summed E-state index contributed by atoms with van der Waals surface area (Å²) in [6.45, 7) is 4.59. The molecule has 1 aliphatic rings. The van der Waals surface area contributed by atoms with Crippen LogP contribution in [0.25, 0.3) is 0 Å². The van der Waals surface area contributed by atoms with Gasteiger partial charge < -0.3 is 4.90 Å². The van der Waals surface area contributed by atoms with Crippen LogP contribution in [0.3, 0.4) is 0 Å². The quantitative estimate of drug-likeness (QED) is 0.765. The van der Waals surface area contributed by atoms with Crippen LogP contribution < -0.4 is 0 Å². The van der Waals surface area contributed by atoms with E-state index in [4.69, 9.17) is 0 Å². The Morgan fingerprint density at radius 3 is 2.68 bits per heavy atom. The first kappa shape index (κ1) is 14.0. The van der Waals surface area contributed by atoms with E-state index >= 15 is 0 Å². The third-order valence-electron chi connectivity index (χ3n) is 3.83. The zero-order valence-corrected chi connectivity index (χ0v) is 11.7. The summed E-state index contributed by atoms with van der Waals surface area (Å²) >= 11 is 0. The predicted molar refractivity (Wildman–Crippen MR) is 74.0 cm³/mol. The van der Waals surface area contributed by atoms with Gasteiger partial charge in [0.15, 0.2) is 0 Å². The van der Waals surface area contributed by atoms with Crippen molar-refractivity contribution in [3.05, 3.63) is 35.6 Å². The Balaban J connectivity index is 2.04. The van der Waals surface area contributed by atoms with Crippen molar-refractivity contribution in [2.24, 2.45) is 5.92 Å². The zero-order chi connectivity index (χ0) is 13.8. The molecular formula is C16H22FNO. The lowest BCUT2D eigenvalue weighted by Crippen LogP contribution is -2.33. The Kier molecular flexibility index (Phi) is 4.56. The van der Waals surface area contributed by atoms with Crippen LogP contribution in [0.1, 0.15) is 45.1 Å². The maximum atomic E-state index is 13.7. The molecule has 104 valence electrons. The number of benzene rings is 1. The number of hydrogen-bond acceptors (Lipinski definition) is 1. The van der Waals surface area contributed by atoms with E-state index < -0.39 is 0 Å². The molecule has 0 saturated heterocycles. The third kappa shape index (κ3) is 3.79. The maximum absolute atomic E-state index is 13.7. The molecule has 2 nitrogen and oxygen atoms in total. The molecule has 0 aliphatic heterocycles. The monoisotopic (exact) mass is 263 g/mol. The molecule has 1 unspecified atom stereocenters. The van der Waals surface area contributed by atoms with Crippen LogP contribution in [-0.2, 0) is 11.3 Å². The van der Waals surface area contributed by atoms with Crippen molar-refractivity contribution in [2.75, 3.05) is 0 Å². The van der Waals surface area contributed by atoms with Gasteiger partial charge in [-0.05, 0) is 24.8 Å². The number of rotatable bonds is 6. The van der Waals surface area contributed by atoms with Gasteiger partial charge >= 0.3 is 0 Å². The van der Waals surface area contributed by atoms with E-state index in [1.165, 1.54) is 6.07 Å². The van der Waals surface area contributed by atoms with Crippen molar-refractivity contribution in [2.45, 2.75) is 52.1 Å². The maximum Gasteiger partial charge on any atom is 0.223 e. The molecule has 0 heterocycles. The normalized spacial score (nSPS) is 16.2. The van der Waals surface area contributed by atoms with Gasteiger partial charge in [-0.25, -0.2) is 4.39 Å². The number of hydrogen-bond donors (Lipinski definition) is 0. The van der Waals surface area contributed by atoms with Crippen LogP contribution in [0.2, 0.25) is 0 Å². The molecule has 2 rings (SSSR count). The number of halogens is 1. The molecule has 3 heteroatoms. The Hall–Kier alpha value is -1.38. The first-order chi connectivity index (χ1) is 9.11. The second-order valence-corrected chi connectivity index (χ2v) is 5.56. The van der Waals surface area contributed by atoms with Crippen LogP contribution in [0.5, 0.6) is 0 Å². The summed E-state index contributed by atoms with van der Waals surface area (Å²) in [5.74, 6) is 0.346. The van der Waals surface area contributed by atoms with E-state index in [9.17, 15) is 9.18 Å². The van der Waals surface area contributed by atoms with Gasteiger partial charge in [0.05, 0.1) is 0 Å². The first-order valence-corrected chi connectivity index (χ1v) is 7.14. The van der Waals surface area contributed by atoms with Crippen molar-refractivity contribution < 1.29 is 9.18 Å². The summed E-state index contributed by atoms with van der Waals surface area (Å²) in [5, 5.41) is 0. The van der Waals surface area contributed by atoms with Crippen LogP contribution >= 0.6 is 0 Å². The highest BCUT2D eigenvalue weighted by atomic mass is 19.1. The van der Waals surface area contributed by atoms with E-state index in [0.717, 1.165) is 19.3 Å². The van der Waals surface area contributed by atoms with Gasteiger partial charge in [-0.2, -0.15) is 0 Å². The molecule has 0 aromatic heterocycles. The fourth-order valence-corrected chi connectivity index (χ4v) is 2.18. The molecule has 1 atom stereocenters. The average Bonchev–Trinajstić information content (AvgIpc) is 3.21. The lowest BCUT2D eigenvalue weighted by Gasteiger charge is -2.24. The van der Waals surface area contributed by atoms with Gasteiger partial charge in [0.1, 0.15) is 5.82 Å². The fraction of sp³-hybridized carbons (Fsp3) is 0.562. The summed E-state index contributed by atoms with van der Waals surface area (Å²) in [6, 6.07) is 7.06. The standard InChI is InChI=1S/C16H22FNO/c1-3-12(2)10-16(19)18(14-8-9-14)11-13-6-4-5-7-15(13)17/h4-7,12,14H,3,8-11H2,1-2H3. The lowest BCUT2D eigenvalue weighted by atomic mass is 10.0. The molecule has 19 heavy (non-hydrogen) atoms. The number of amides is 1. The molecule has 1 aromatic carbocycles. The SMILES string of the molecule is CCC(C)CC(=O)N(Cc1ccccc1F)C1CC1. The molecule has 0 N–H and O–H groups in total. The molecule has 1 fully saturated rings. The second-order valence-electron chi connectivity index (χ2n) is 5.56. The van der Waals surface area contributed by atoms with E-state index in [2.05, 4.69) is 13.8 Å². The minimum Gasteiger partial charge on any atom is -0.335 e. The average molecular weight is 263 g/mol. The molecule has 1 saturated carbocycles. The Bertz CT molecular complexity index is 442. The Morgan fingerprint density at radius 2 is 2.11 bits per heavy atom. The van der Waals surface area contributed by atoms with Crippen LogP contribution in [0.4, 0.5) is 4.39 Å². The van der Waals surface area contributed by atoms with Gasteiger partial charge in [0.2, 0.25) is 5.91 Å². The highest BCUT2D eigenvalue weighted by molar-refractivity contribution is 5.77. The van der Waals surface area contributed by atoms with E-state index in [1.807, 2.05) is 11.0 Å². The zero-order valence-electron chi connectivity index (χ0n) is 11.7. The number of nitrogens with zero attached hydrogens (tertiary/aromatic N) is 1. The van der Waals surface area contributed by atoms with Gasteiger partial charge in [0.25, 0.3) is 0 Å². The minimum atomic E-state index is -0.218. The first-order valence-electron chi connectivity index (χ1n) is 7.14. The highest BCUT2D eigenvalue weighted by Gasteiger charge is 2.33. The summed E-state index contributed by atoms with van der Waals surface area (Å²) in [6.07, 6.45) is 3.69. The molecular weight excluding hydrogens is 241 g/mol. The fourth-order valence-electron chi connectivity index (χ4n) is 2.18. The molecule has 0 spiro atoms. The van der Waals surface area contributed by atoms with Crippen LogP contribution in [-0.4, -0.2) is 16.8 Å². The van der Waals surface area contributed by atoms with Gasteiger partial charge in [-0.3, -0.25) is 4.79 Å². The minimum absolute atomic E-state index is 0.167. The molecule has 1 amide bonds. The predicted octanol–water partition coefficient (Wildman–Crippen LogP) is 3.75. The van der Waals surface area contributed by atoms with E-state index in [1.54, 1.807) is 12.1 Å². The Morgan fingerprint density at radius 1 is 1.42 bits per heavy atom. The topological polar surface area (TPSA) is 20.3 Å². The largest absolute Gasteiger partial charge is 0.335 e. The highest BCUT2D eigenvalue weighted by Crippen LogP contribution is 2.30. The summed E-state index contributed by atoms with van der Waals surface area (Å²) in [4.78, 5) is 14.2. The van der Waals surface area contributed by atoms with Crippen LogP contribution in [0.15, 0.2) is 24.3 Å². The second kappa shape index (κ2) is 6.18. The molecule has 0 bridgehead atoms. The Labute approximate surface area is 114 Å². The van der Waals surface area contributed by atoms with Crippen molar-refractivity contribution in [3.63, 3.8) is 0 Å². The van der Waals surface area contributed by atoms with Crippen LogP contribution in [0, 0.1) is 11.7 Å². The lowest BCUT2D eigenvalue weighted by molar-refractivity contribution is -0.133. The molecule has 1 aliphatic carbocycles. The van der Waals surface area contributed by atoms with E-state index in [0.29, 0.717) is 30.5 Å². The van der Waals surface area contributed by atoms with Crippen molar-refractivity contribution >= 4 is 5.91 Å². The van der Waals surface area contributed by atoms with Gasteiger partial charge in [-0.15, -0.1) is 0 Å². The summed E-state index contributed by atoms with van der Waals surface area (Å²) in [5.41, 5.74) is 0.618. The van der Waals surface area contributed by atoms with Crippen molar-refractivity contribution in [1.82, 2.24) is 4.90 Å². The van der Waals surface area contributed by atoms with Gasteiger partial charge in [-0.1, -0.05) is 38.5 Å². The van der Waals surface area contributed by atoms with Crippen molar-refractivity contribution in [1.29, 1.82) is 0 Å². The van der Waals surface area contributed by atoms with Gasteiger partial charge in [0, 0.05) is 24.6 Å². The summed E-state index contributed by atoms with van der Waals surface area (Å²) < 4.78 is 13.7. The van der Waals surface area contributed by atoms with Crippen molar-refractivity contribution in [3.8, 4) is 0 Å². The van der Waals surface area contributed by atoms with E-state index in [-0.39, 0.29) is 11.7 Å². The number of carbonyl (C=O) groups is 1.